The van der Waals surface area contributed by atoms with Crippen LogP contribution in [0.4, 0.5) is 10.5 Å². The zero-order valence-electron chi connectivity index (χ0n) is 19.0. The van der Waals surface area contributed by atoms with E-state index in [9.17, 15) is 19.5 Å². The van der Waals surface area contributed by atoms with Gasteiger partial charge in [0.05, 0.1) is 23.8 Å². The van der Waals surface area contributed by atoms with Gasteiger partial charge in [0.1, 0.15) is 5.75 Å². The quantitative estimate of drug-likeness (QED) is 0.549. The van der Waals surface area contributed by atoms with Crippen LogP contribution in [-0.2, 0) is 11.3 Å². The molecule has 182 valence electrons. The van der Waals surface area contributed by atoms with E-state index < -0.39 is 30.7 Å². The fourth-order valence-corrected chi connectivity index (χ4v) is 3.97. The number of urea groups is 1. The highest BCUT2D eigenvalue weighted by Gasteiger charge is 2.33. The zero-order chi connectivity index (χ0) is 24.8. The molecule has 3 N–H and O–H groups in total. The summed E-state index contributed by atoms with van der Waals surface area (Å²) in [6.45, 7) is 3.88. The lowest BCUT2D eigenvalue weighted by atomic mass is 10.1. The summed E-state index contributed by atoms with van der Waals surface area (Å²) in [5.41, 5.74) is 1.65. The number of carbonyl (C=O) groups excluding carboxylic acids is 2. The summed E-state index contributed by atoms with van der Waals surface area (Å²) in [5, 5.41) is 21.0. The second-order valence-corrected chi connectivity index (χ2v) is 8.44. The van der Waals surface area contributed by atoms with Crippen LogP contribution in [-0.4, -0.2) is 64.9 Å². The van der Waals surface area contributed by atoms with Crippen LogP contribution in [0, 0.1) is 0 Å². The van der Waals surface area contributed by atoms with Crippen LogP contribution >= 0.6 is 11.6 Å². The first-order chi connectivity index (χ1) is 16.3. The molecule has 1 aliphatic heterocycles. The van der Waals surface area contributed by atoms with Gasteiger partial charge in [-0.15, -0.1) is 0 Å². The third-order valence-corrected chi connectivity index (χ3v) is 5.84. The molecule has 0 aliphatic carbocycles. The van der Waals surface area contributed by atoms with E-state index in [1.807, 2.05) is 6.92 Å². The fraction of sp³-hybridized carbons (Fsp3) is 0.375. The molecule has 2 aromatic rings. The van der Waals surface area contributed by atoms with Gasteiger partial charge in [-0.3, -0.25) is 4.79 Å². The molecule has 9 nitrogen and oxygen atoms in total. The maximum Gasteiger partial charge on any atom is 0.328 e. The van der Waals surface area contributed by atoms with Gasteiger partial charge in [-0.1, -0.05) is 36.7 Å². The normalized spacial score (nSPS) is 16.3. The van der Waals surface area contributed by atoms with Crippen molar-refractivity contribution in [1.29, 1.82) is 0 Å². The molecule has 0 saturated heterocycles. The van der Waals surface area contributed by atoms with Crippen molar-refractivity contribution in [2.45, 2.75) is 38.9 Å². The van der Waals surface area contributed by atoms with Crippen LogP contribution in [0.15, 0.2) is 42.5 Å². The number of carboxylic acid groups (broad SMARTS) is 1. The Labute approximate surface area is 202 Å². The van der Waals surface area contributed by atoms with Crippen LogP contribution in [0.1, 0.15) is 36.2 Å². The average Bonchev–Trinajstić information content (AvgIpc) is 2.97. The topological polar surface area (TPSA) is 119 Å². The first kappa shape index (κ1) is 25.3. The molecule has 0 fully saturated rings. The molecule has 0 spiro atoms. The third-order valence-electron chi connectivity index (χ3n) is 5.53. The van der Waals surface area contributed by atoms with Gasteiger partial charge in [0.15, 0.2) is 6.04 Å². The maximum atomic E-state index is 13.6. The number of rotatable bonds is 7. The number of hydrogen-bond donors (Lipinski definition) is 3. The average molecular weight is 490 g/mol. The number of halogens is 1. The van der Waals surface area contributed by atoms with Crippen molar-refractivity contribution in [1.82, 2.24) is 10.2 Å². The van der Waals surface area contributed by atoms with E-state index in [4.69, 9.17) is 21.4 Å². The van der Waals surface area contributed by atoms with E-state index >= 15 is 0 Å². The SMILES string of the molecule is CCCOc1ccc(C(=O)N2C[C@@H](C)N(C(=O)NC(CO)C(=O)O)Cc3ccccc32)c(Cl)c1. The Bertz CT molecular complexity index is 1060. The molecule has 1 heterocycles. The molecule has 2 atom stereocenters. The number of ether oxygens (including phenoxy) is 1. The first-order valence-electron chi connectivity index (χ1n) is 11.0. The van der Waals surface area contributed by atoms with Crippen LogP contribution in [0.3, 0.4) is 0 Å². The number of anilines is 1. The molecule has 0 saturated carbocycles. The number of aliphatic hydroxyl groups is 1. The number of para-hydroxylation sites is 1. The molecule has 0 aromatic heterocycles. The minimum absolute atomic E-state index is 0.155. The van der Waals surface area contributed by atoms with E-state index in [0.29, 0.717) is 29.2 Å². The van der Waals surface area contributed by atoms with Gasteiger partial charge in [0, 0.05) is 24.8 Å². The van der Waals surface area contributed by atoms with Crippen molar-refractivity contribution in [2.24, 2.45) is 0 Å². The minimum Gasteiger partial charge on any atom is -0.494 e. The minimum atomic E-state index is -1.43. The molecule has 2 aromatic carbocycles. The van der Waals surface area contributed by atoms with Gasteiger partial charge in [-0.2, -0.15) is 0 Å². The monoisotopic (exact) mass is 489 g/mol. The molecule has 3 amide bonds. The molecule has 10 heteroatoms. The number of benzene rings is 2. The Morgan fingerprint density at radius 1 is 1.24 bits per heavy atom. The van der Waals surface area contributed by atoms with Crippen molar-refractivity contribution < 1.29 is 29.3 Å². The molecular formula is C24H28ClN3O6. The molecular weight excluding hydrogens is 462 g/mol. The highest BCUT2D eigenvalue weighted by Crippen LogP contribution is 2.31. The number of nitrogens with zero attached hydrogens (tertiary/aromatic N) is 2. The Kier molecular flexibility index (Phi) is 8.36. The van der Waals surface area contributed by atoms with Crippen molar-refractivity contribution in [3.63, 3.8) is 0 Å². The molecule has 1 unspecified atom stereocenters. The van der Waals surface area contributed by atoms with Crippen LogP contribution < -0.4 is 15.0 Å². The van der Waals surface area contributed by atoms with E-state index in [-0.39, 0.29) is 24.0 Å². The number of aliphatic carboxylic acids is 1. The number of fused-ring (bicyclic) bond motifs is 1. The van der Waals surface area contributed by atoms with Gasteiger partial charge in [0.25, 0.3) is 5.91 Å². The number of nitrogens with one attached hydrogen (secondary N) is 1. The Balaban J connectivity index is 1.90. The molecule has 1 aliphatic rings. The number of carboxylic acids is 1. The summed E-state index contributed by atoms with van der Waals surface area (Å²) < 4.78 is 5.59. The van der Waals surface area contributed by atoms with Crippen molar-refractivity contribution in [3.05, 3.63) is 58.6 Å². The molecule has 3 rings (SSSR count). The Morgan fingerprint density at radius 2 is 1.97 bits per heavy atom. The number of amides is 3. The van der Waals surface area contributed by atoms with E-state index in [1.54, 1.807) is 54.3 Å². The van der Waals surface area contributed by atoms with Crippen molar-refractivity contribution in [2.75, 3.05) is 24.7 Å². The van der Waals surface area contributed by atoms with E-state index in [0.717, 1.165) is 6.42 Å². The highest BCUT2D eigenvalue weighted by molar-refractivity contribution is 6.34. The number of aliphatic hydroxyl groups excluding tert-OH is 1. The van der Waals surface area contributed by atoms with E-state index in [2.05, 4.69) is 5.32 Å². The standard InChI is InChI=1S/C24H28ClN3O6/c1-3-10-34-17-8-9-18(19(25)11-17)22(30)28-12-15(2)27(13-16-6-4-5-7-21(16)28)24(33)26-20(14-29)23(31)32/h4-9,11,15,20,29H,3,10,12-14H2,1-2H3,(H,26,33)(H,31,32)/t15-,20?/m1/s1. The smallest absolute Gasteiger partial charge is 0.328 e. The summed E-state index contributed by atoms with van der Waals surface area (Å²) in [6, 6.07) is 9.59. The summed E-state index contributed by atoms with van der Waals surface area (Å²) in [6.07, 6.45) is 0.844. The van der Waals surface area contributed by atoms with Gasteiger partial charge >= 0.3 is 12.0 Å². The lowest BCUT2D eigenvalue weighted by Crippen LogP contribution is -2.53. The summed E-state index contributed by atoms with van der Waals surface area (Å²) in [4.78, 5) is 40.7. The second kappa shape index (κ2) is 11.2. The van der Waals surface area contributed by atoms with Crippen molar-refractivity contribution >= 4 is 35.2 Å². The second-order valence-electron chi connectivity index (χ2n) is 8.03. The predicted octanol–water partition coefficient (Wildman–Crippen LogP) is 3.13. The largest absolute Gasteiger partial charge is 0.494 e. The van der Waals surface area contributed by atoms with Crippen LogP contribution in [0.2, 0.25) is 5.02 Å². The molecule has 0 radical (unpaired) electrons. The fourth-order valence-electron chi connectivity index (χ4n) is 3.71. The molecule has 34 heavy (non-hydrogen) atoms. The third kappa shape index (κ3) is 5.60. The zero-order valence-corrected chi connectivity index (χ0v) is 19.8. The van der Waals surface area contributed by atoms with Crippen LogP contribution in [0.5, 0.6) is 5.75 Å². The highest BCUT2D eigenvalue weighted by atomic mass is 35.5. The lowest BCUT2D eigenvalue weighted by Gasteiger charge is -2.30. The molecule has 0 bridgehead atoms. The number of hydrogen-bond acceptors (Lipinski definition) is 5. The Hall–Kier alpha value is -3.30. The lowest BCUT2D eigenvalue weighted by molar-refractivity contribution is -0.140. The number of carbonyl (C=O) groups is 3. The predicted molar refractivity (Wildman–Crippen MR) is 127 cm³/mol. The van der Waals surface area contributed by atoms with E-state index in [1.165, 1.54) is 4.90 Å². The van der Waals surface area contributed by atoms with Gasteiger partial charge < -0.3 is 30.1 Å². The summed E-state index contributed by atoms with van der Waals surface area (Å²) in [5.74, 6) is -1.09. The maximum absolute atomic E-state index is 13.6. The summed E-state index contributed by atoms with van der Waals surface area (Å²) in [7, 11) is 0. The van der Waals surface area contributed by atoms with Gasteiger partial charge in [-0.25, -0.2) is 9.59 Å². The van der Waals surface area contributed by atoms with Crippen molar-refractivity contribution in [3.8, 4) is 5.75 Å². The van der Waals surface area contributed by atoms with Gasteiger partial charge in [0.2, 0.25) is 0 Å². The Morgan fingerprint density at radius 3 is 2.62 bits per heavy atom. The van der Waals surface area contributed by atoms with Crippen LogP contribution in [0.25, 0.3) is 0 Å². The van der Waals surface area contributed by atoms with Gasteiger partial charge in [-0.05, 0) is 43.2 Å². The summed E-state index contributed by atoms with van der Waals surface area (Å²) >= 11 is 6.43. The first-order valence-corrected chi connectivity index (χ1v) is 11.4.